The monoisotopic (exact) mass is 531 g/mol. The van der Waals surface area contributed by atoms with Crippen molar-refractivity contribution in [3.8, 4) is 11.3 Å². The van der Waals surface area contributed by atoms with E-state index in [-0.39, 0.29) is 10.1 Å². The van der Waals surface area contributed by atoms with Gasteiger partial charge in [-0.1, -0.05) is 39.7 Å². The zero-order valence-corrected chi connectivity index (χ0v) is 19.6. The zero-order chi connectivity index (χ0) is 20.6. The van der Waals surface area contributed by atoms with Crippen LogP contribution in [0.5, 0.6) is 0 Å². The molecule has 1 aromatic carbocycles. The van der Waals surface area contributed by atoms with Crippen molar-refractivity contribution in [1.82, 2.24) is 9.29 Å². The highest BCUT2D eigenvalue weighted by Crippen LogP contribution is 2.33. The average Bonchev–Trinajstić information content (AvgIpc) is 3.42. The predicted octanol–water partition coefficient (Wildman–Crippen LogP) is 5.08. The number of aromatic nitrogens is 1. The zero-order valence-electron chi connectivity index (χ0n) is 14.8. The molecule has 0 spiro atoms. The van der Waals surface area contributed by atoms with Gasteiger partial charge in [-0.3, -0.25) is 4.79 Å². The van der Waals surface area contributed by atoms with E-state index in [4.69, 9.17) is 11.6 Å². The number of halogens is 2. The first-order valence-electron chi connectivity index (χ1n) is 8.64. The number of thiophene rings is 1. The number of carbonyl (C=O) groups is 1. The summed E-state index contributed by atoms with van der Waals surface area (Å²) in [5.74, 6) is -0.370. The smallest absolute Gasteiger partial charge is 0.253 e. The first kappa shape index (κ1) is 21.0. The molecule has 1 saturated heterocycles. The van der Waals surface area contributed by atoms with Gasteiger partial charge < -0.3 is 5.32 Å². The van der Waals surface area contributed by atoms with Gasteiger partial charge in [0.1, 0.15) is 10.3 Å². The second kappa shape index (κ2) is 8.44. The quantitative estimate of drug-likeness (QED) is 0.497. The number of benzene rings is 1. The molecular weight excluding hydrogens is 518 g/mol. The van der Waals surface area contributed by atoms with Crippen LogP contribution in [0.1, 0.15) is 12.8 Å². The average molecular weight is 533 g/mol. The van der Waals surface area contributed by atoms with Crippen LogP contribution in [0.15, 0.2) is 50.5 Å². The molecule has 6 nitrogen and oxygen atoms in total. The number of sulfonamides is 1. The van der Waals surface area contributed by atoms with Gasteiger partial charge in [0, 0.05) is 22.0 Å². The van der Waals surface area contributed by atoms with Crippen molar-refractivity contribution in [3.05, 3.63) is 50.6 Å². The summed E-state index contributed by atoms with van der Waals surface area (Å²) in [6.45, 7) is 0.304. The van der Waals surface area contributed by atoms with E-state index in [1.54, 1.807) is 6.07 Å². The Bertz CT molecular complexity index is 1140. The van der Waals surface area contributed by atoms with Crippen LogP contribution < -0.4 is 5.32 Å². The summed E-state index contributed by atoms with van der Waals surface area (Å²) in [4.78, 5) is 17.3. The summed E-state index contributed by atoms with van der Waals surface area (Å²) < 4.78 is 28.6. The van der Waals surface area contributed by atoms with Gasteiger partial charge in [-0.2, -0.15) is 4.31 Å². The number of nitrogens with one attached hydrogen (secondary N) is 1. The fourth-order valence-corrected chi connectivity index (χ4v) is 7.37. The minimum absolute atomic E-state index is 0.147. The lowest BCUT2D eigenvalue weighted by Crippen LogP contribution is -2.42. The fraction of sp³-hybridized carbons (Fsp3) is 0.222. The highest BCUT2D eigenvalue weighted by Gasteiger charge is 2.40. The Labute approximate surface area is 189 Å². The van der Waals surface area contributed by atoms with E-state index < -0.39 is 16.1 Å². The molecule has 2 aromatic heterocycles. The van der Waals surface area contributed by atoms with Crippen molar-refractivity contribution in [3.63, 3.8) is 0 Å². The molecule has 0 radical (unpaired) electrons. The number of hydrogen-bond acceptors (Lipinski definition) is 6. The van der Waals surface area contributed by atoms with E-state index in [2.05, 4.69) is 26.2 Å². The lowest BCUT2D eigenvalue weighted by Gasteiger charge is -2.22. The van der Waals surface area contributed by atoms with Gasteiger partial charge in [0.25, 0.3) is 10.0 Å². The second-order valence-electron chi connectivity index (χ2n) is 6.37. The summed E-state index contributed by atoms with van der Waals surface area (Å²) in [7, 11) is -3.76. The third kappa shape index (κ3) is 4.42. The first-order chi connectivity index (χ1) is 13.8. The van der Waals surface area contributed by atoms with Gasteiger partial charge in [0.15, 0.2) is 5.13 Å². The van der Waals surface area contributed by atoms with Gasteiger partial charge in [-0.15, -0.1) is 22.7 Å². The number of anilines is 1. The van der Waals surface area contributed by atoms with Crippen LogP contribution in [0.3, 0.4) is 0 Å². The van der Waals surface area contributed by atoms with Gasteiger partial charge in [0.05, 0.1) is 10.0 Å². The molecule has 1 fully saturated rings. The number of carbonyl (C=O) groups excluding carboxylic acids is 1. The van der Waals surface area contributed by atoms with E-state index in [1.165, 1.54) is 21.7 Å². The van der Waals surface area contributed by atoms with Crippen LogP contribution >= 0.6 is 50.2 Å². The second-order valence-corrected chi connectivity index (χ2v) is 12.0. The van der Waals surface area contributed by atoms with Gasteiger partial charge in [-0.05, 0) is 37.1 Å². The lowest BCUT2D eigenvalue weighted by molar-refractivity contribution is -0.119. The Kier molecular flexibility index (Phi) is 6.10. The Hall–Kier alpha value is -1.30. The minimum atomic E-state index is -3.76. The molecule has 1 unspecified atom stereocenters. The topological polar surface area (TPSA) is 79.4 Å². The minimum Gasteiger partial charge on any atom is -0.301 e. The van der Waals surface area contributed by atoms with Crippen LogP contribution in [0, 0.1) is 0 Å². The van der Waals surface area contributed by atoms with E-state index >= 15 is 0 Å². The van der Waals surface area contributed by atoms with Crippen LogP contribution in [-0.2, 0) is 14.8 Å². The SMILES string of the molecule is O=C(Nc1nc(-c2ccc(Br)cc2)cs1)C1CCCN1S(=O)(=O)c1ccc(Cl)s1. The molecule has 152 valence electrons. The highest BCUT2D eigenvalue weighted by atomic mass is 79.9. The molecule has 0 saturated carbocycles. The maximum absolute atomic E-state index is 12.9. The Morgan fingerprint density at radius 3 is 2.69 bits per heavy atom. The molecule has 29 heavy (non-hydrogen) atoms. The number of hydrogen-bond donors (Lipinski definition) is 1. The Morgan fingerprint density at radius 2 is 2.00 bits per heavy atom. The standard InChI is InChI=1S/C18H15BrClN3O3S3/c19-12-5-3-11(4-6-12)13-10-27-18(21-13)22-17(24)14-2-1-9-23(14)29(25,26)16-8-7-15(20)28-16/h3-8,10,14H,1-2,9H2,(H,21,22,24). The van der Waals surface area contributed by atoms with E-state index in [0.717, 1.165) is 27.1 Å². The van der Waals surface area contributed by atoms with Crippen molar-refractivity contribution in [2.45, 2.75) is 23.1 Å². The Balaban J connectivity index is 1.50. The third-order valence-corrected chi connectivity index (χ3v) is 9.39. The molecule has 0 bridgehead atoms. The fourth-order valence-electron chi connectivity index (χ4n) is 3.11. The van der Waals surface area contributed by atoms with Crippen LogP contribution in [-0.4, -0.2) is 36.2 Å². The maximum atomic E-state index is 12.9. The maximum Gasteiger partial charge on any atom is 0.253 e. The molecule has 1 amide bonds. The molecule has 3 aromatic rings. The van der Waals surface area contributed by atoms with Gasteiger partial charge in [-0.25, -0.2) is 13.4 Å². The van der Waals surface area contributed by atoms with Crippen molar-refractivity contribution < 1.29 is 13.2 Å². The molecule has 4 rings (SSSR count). The van der Waals surface area contributed by atoms with E-state index in [1.807, 2.05) is 29.6 Å². The molecule has 11 heteroatoms. The van der Waals surface area contributed by atoms with E-state index in [0.29, 0.717) is 28.9 Å². The lowest BCUT2D eigenvalue weighted by atomic mass is 10.2. The van der Waals surface area contributed by atoms with Gasteiger partial charge in [0.2, 0.25) is 5.91 Å². The number of nitrogens with zero attached hydrogens (tertiary/aromatic N) is 2. The van der Waals surface area contributed by atoms with Gasteiger partial charge >= 0.3 is 0 Å². The van der Waals surface area contributed by atoms with Crippen LogP contribution in [0.2, 0.25) is 4.34 Å². The van der Waals surface area contributed by atoms with Crippen molar-refractivity contribution in [1.29, 1.82) is 0 Å². The van der Waals surface area contributed by atoms with Crippen molar-refractivity contribution in [2.75, 3.05) is 11.9 Å². The van der Waals surface area contributed by atoms with Crippen molar-refractivity contribution >= 4 is 71.3 Å². The summed E-state index contributed by atoms with van der Waals surface area (Å²) >= 11 is 11.6. The first-order valence-corrected chi connectivity index (χ1v) is 12.9. The Morgan fingerprint density at radius 1 is 1.24 bits per heavy atom. The largest absolute Gasteiger partial charge is 0.301 e. The summed E-state index contributed by atoms with van der Waals surface area (Å²) in [6, 6.07) is 9.96. The molecule has 1 N–H and O–H groups in total. The van der Waals surface area contributed by atoms with Crippen LogP contribution in [0.4, 0.5) is 5.13 Å². The molecule has 0 aliphatic carbocycles. The molecule has 3 heterocycles. The number of thiazole rings is 1. The van der Waals surface area contributed by atoms with Crippen LogP contribution in [0.25, 0.3) is 11.3 Å². The predicted molar refractivity (Wildman–Crippen MR) is 120 cm³/mol. The molecular formula is C18H15BrClN3O3S3. The highest BCUT2D eigenvalue weighted by molar-refractivity contribution is 9.10. The van der Waals surface area contributed by atoms with E-state index in [9.17, 15) is 13.2 Å². The summed E-state index contributed by atoms with van der Waals surface area (Å²) in [5.41, 5.74) is 1.69. The molecule has 1 aliphatic rings. The summed E-state index contributed by atoms with van der Waals surface area (Å²) in [5, 5.41) is 5.07. The molecule has 1 atom stereocenters. The number of rotatable bonds is 5. The van der Waals surface area contributed by atoms with Crippen molar-refractivity contribution in [2.24, 2.45) is 0 Å². The number of amides is 1. The molecule has 1 aliphatic heterocycles. The third-order valence-electron chi connectivity index (χ3n) is 4.49. The summed E-state index contributed by atoms with van der Waals surface area (Å²) in [6.07, 6.45) is 1.09. The normalized spacial score (nSPS) is 17.5.